The quantitative estimate of drug-likeness (QED) is 0.619. The molecule has 1 fully saturated rings. The molecular weight excluding hydrogens is 272 g/mol. The van der Waals surface area contributed by atoms with Crippen LogP contribution in [0.3, 0.4) is 0 Å². The Bertz CT molecular complexity index is 366. The predicted molar refractivity (Wildman–Crippen MR) is 63.2 cm³/mol. The maximum Gasteiger partial charge on any atom is 0.304 e. The zero-order valence-electron chi connectivity index (χ0n) is 8.93. The van der Waals surface area contributed by atoms with Crippen LogP contribution in [0.15, 0.2) is 30.3 Å². The number of hydrogen-bond donors (Lipinski definition) is 0. The average molecular weight is 285 g/mol. The first kappa shape index (κ1) is 11.6. The van der Waals surface area contributed by atoms with Gasteiger partial charge in [-0.3, -0.25) is 4.79 Å². The van der Waals surface area contributed by atoms with E-state index in [1.165, 1.54) is 6.92 Å². The van der Waals surface area contributed by atoms with E-state index in [-0.39, 0.29) is 16.9 Å². The monoisotopic (exact) mass is 284 g/mol. The van der Waals surface area contributed by atoms with Crippen molar-refractivity contribution in [3.05, 3.63) is 35.9 Å². The van der Waals surface area contributed by atoms with Crippen molar-refractivity contribution in [1.82, 2.24) is 0 Å². The van der Waals surface area contributed by atoms with Crippen LogP contribution >= 0.6 is 15.9 Å². The first-order chi connectivity index (χ1) is 7.66. The molecule has 0 aromatic heterocycles. The van der Waals surface area contributed by atoms with Crippen LogP contribution in [-0.4, -0.2) is 17.1 Å². The third-order valence-electron chi connectivity index (χ3n) is 2.49. The predicted octanol–water partition coefficient (Wildman–Crippen LogP) is 2.80. The lowest BCUT2D eigenvalue weighted by Gasteiger charge is -2.14. The van der Waals surface area contributed by atoms with Crippen molar-refractivity contribution >= 4 is 21.9 Å². The molecule has 0 spiro atoms. The molecule has 0 radical (unpaired) electrons. The first-order valence-electron chi connectivity index (χ1n) is 5.18. The van der Waals surface area contributed by atoms with E-state index in [9.17, 15) is 4.79 Å². The van der Waals surface area contributed by atoms with Crippen LogP contribution in [0.5, 0.6) is 0 Å². The molecule has 0 saturated carbocycles. The van der Waals surface area contributed by atoms with E-state index in [2.05, 4.69) is 15.9 Å². The van der Waals surface area contributed by atoms with Crippen LogP contribution in [0.2, 0.25) is 0 Å². The summed E-state index contributed by atoms with van der Waals surface area (Å²) in [4.78, 5) is 10.9. The minimum atomic E-state index is -0.484. The lowest BCUT2D eigenvalue weighted by atomic mass is 10.1. The van der Waals surface area contributed by atoms with Crippen molar-refractivity contribution in [2.24, 2.45) is 0 Å². The fourth-order valence-electron chi connectivity index (χ4n) is 1.77. The number of hydrogen-bond acceptors (Lipinski definition) is 3. The molecule has 1 aliphatic rings. The highest BCUT2D eigenvalue weighted by Crippen LogP contribution is 2.37. The van der Waals surface area contributed by atoms with Gasteiger partial charge in [0, 0.05) is 6.92 Å². The molecule has 2 rings (SSSR count). The van der Waals surface area contributed by atoms with Crippen molar-refractivity contribution in [3.63, 3.8) is 0 Å². The van der Waals surface area contributed by atoms with Crippen molar-refractivity contribution in [1.29, 1.82) is 0 Å². The molecule has 1 aliphatic heterocycles. The zero-order valence-corrected chi connectivity index (χ0v) is 10.5. The SMILES string of the molecule is CC(=O)O[C@H]1O[C@H](c2ccccc2)C[C@H]1Br. The van der Waals surface area contributed by atoms with Gasteiger partial charge in [0.15, 0.2) is 0 Å². The van der Waals surface area contributed by atoms with Gasteiger partial charge in [0.1, 0.15) is 0 Å². The molecule has 0 amide bonds. The molecule has 1 saturated heterocycles. The van der Waals surface area contributed by atoms with Crippen LogP contribution in [0.1, 0.15) is 25.0 Å². The Hall–Kier alpha value is -0.870. The number of alkyl halides is 1. The molecule has 0 N–H and O–H groups in total. The molecule has 0 aliphatic carbocycles. The topological polar surface area (TPSA) is 35.5 Å². The number of carbonyl (C=O) groups excluding carboxylic acids is 1. The summed E-state index contributed by atoms with van der Waals surface area (Å²) in [5, 5.41) is 0. The standard InChI is InChI=1S/C12H13BrO3/c1-8(14)15-12-10(13)7-11(16-12)9-5-3-2-4-6-9/h2-6,10-12H,7H2,1H3/t10-,11+,12+/m1/s1. The Morgan fingerprint density at radius 1 is 1.44 bits per heavy atom. The van der Waals surface area contributed by atoms with Gasteiger partial charge in [-0.1, -0.05) is 46.3 Å². The maximum atomic E-state index is 10.9. The molecule has 3 nitrogen and oxygen atoms in total. The van der Waals surface area contributed by atoms with Gasteiger partial charge >= 0.3 is 5.97 Å². The number of rotatable bonds is 2. The summed E-state index contributed by atoms with van der Waals surface area (Å²) in [6, 6.07) is 9.94. The van der Waals surface area contributed by atoms with Crippen molar-refractivity contribution in [2.75, 3.05) is 0 Å². The van der Waals surface area contributed by atoms with Gasteiger partial charge in [0.2, 0.25) is 6.29 Å². The summed E-state index contributed by atoms with van der Waals surface area (Å²) in [5.74, 6) is -0.317. The number of carbonyl (C=O) groups is 1. The first-order valence-corrected chi connectivity index (χ1v) is 6.10. The van der Waals surface area contributed by atoms with Gasteiger partial charge in [-0.25, -0.2) is 0 Å². The van der Waals surface area contributed by atoms with Crippen molar-refractivity contribution in [2.45, 2.75) is 30.6 Å². The second-order valence-corrected chi connectivity index (χ2v) is 4.94. The summed E-state index contributed by atoms with van der Waals surface area (Å²) in [5.41, 5.74) is 1.11. The van der Waals surface area contributed by atoms with E-state index < -0.39 is 6.29 Å². The number of ether oxygens (including phenoxy) is 2. The highest BCUT2D eigenvalue weighted by molar-refractivity contribution is 9.09. The highest BCUT2D eigenvalue weighted by Gasteiger charge is 2.36. The van der Waals surface area contributed by atoms with Crippen LogP contribution in [0.4, 0.5) is 0 Å². The van der Waals surface area contributed by atoms with Crippen LogP contribution in [-0.2, 0) is 14.3 Å². The molecule has 1 aromatic rings. The largest absolute Gasteiger partial charge is 0.435 e. The smallest absolute Gasteiger partial charge is 0.304 e. The summed E-state index contributed by atoms with van der Waals surface area (Å²) in [7, 11) is 0. The molecule has 1 aromatic carbocycles. The highest BCUT2D eigenvalue weighted by atomic mass is 79.9. The Morgan fingerprint density at radius 2 is 2.12 bits per heavy atom. The Kier molecular flexibility index (Phi) is 3.61. The van der Waals surface area contributed by atoms with Gasteiger partial charge in [0.05, 0.1) is 10.9 Å². The van der Waals surface area contributed by atoms with Crippen LogP contribution < -0.4 is 0 Å². The molecule has 4 heteroatoms. The fourth-order valence-corrected chi connectivity index (χ4v) is 2.34. The minimum Gasteiger partial charge on any atom is -0.435 e. The summed E-state index contributed by atoms with van der Waals surface area (Å²) in [6.45, 7) is 1.39. The average Bonchev–Trinajstić information content (AvgIpc) is 2.61. The summed E-state index contributed by atoms with van der Waals surface area (Å²) in [6.07, 6.45) is 0.319. The lowest BCUT2D eigenvalue weighted by molar-refractivity contribution is -0.172. The third-order valence-corrected chi connectivity index (χ3v) is 3.29. The lowest BCUT2D eigenvalue weighted by Crippen LogP contribution is -2.22. The van der Waals surface area contributed by atoms with Gasteiger partial charge in [-0.05, 0) is 12.0 Å². The summed E-state index contributed by atoms with van der Waals surface area (Å²) < 4.78 is 10.7. The fraction of sp³-hybridized carbons (Fsp3) is 0.417. The van der Waals surface area contributed by atoms with E-state index in [0.29, 0.717) is 0 Å². The summed E-state index contributed by atoms with van der Waals surface area (Å²) >= 11 is 3.47. The Balaban J connectivity index is 2.04. The van der Waals surface area contributed by atoms with E-state index >= 15 is 0 Å². The Morgan fingerprint density at radius 3 is 2.75 bits per heavy atom. The van der Waals surface area contributed by atoms with Crippen molar-refractivity contribution < 1.29 is 14.3 Å². The van der Waals surface area contributed by atoms with E-state index in [4.69, 9.17) is 9.47 Å². The maximum absolute atomic E-state index is 10.9. The van der Waals surface area contributed by atoms with Crippen LogP contribution in [0, 0.1) is 0 Å². The molecule has 1 heterocycles. The molecule has 0 bridgehead atoms. The second-order valence-electron chi connectivity index (χ2n) is 3.76. The van der Waals surface area contributed by atoms with E-state index in [0.717, 1.165) is 12.0 Å². The van der Waals surface area contributed by atoms with Gasteiger partial charge in [-0.2, -0.15) is 0 Å². The molecular formula is C12H13BrO3. The minimum absolute atomic E-state index is 0.00470. The number of halogens is 1. The van der Waals surface area contributed by atoms with E-state index in [1.54, 1.807) is 0 Å². The number of benzene rings is 1. The molecule has 3 atom stereocenters. The second kappa shape index (κ2) is 4.97. The normalized spacial score (nSPS) is 29.0. The number of esters is 1. The Labute approximate surface area is 103 Å². The molecule has 16 heavy (non-hydrogen) atoms. The van der Waals surface area contributed by atoms with Crippen LogP contribution in [0.25, 0.3) is 0 Å². The third kappa shape index (κ3) is 2.62. The van der Waals surface area contributed by atoms with E-state index in [1.807, 2.05) is 30.3 Å². The van der Waals surface area contributed by atoms with Gasteiger partial charge < -0.3 is 9.47 Å². The van der Waals surface area contributed by atoms with Gasteiger partial charge in [-0.15, -0.1) is 0 Å². The van der Waals surface area contributed by atoms with Crippen molar-refractivity contribution in [3.8, 4) is 0 Å². The molecule has 0 unspecified atom stereocenters. The van der Waals surface area contributed by atoms with Gasteiger partial charge in [0.25, 0.3) is 0 Å². The zero-order chi connectivity index (χ0) is 11.5. The molecule has 86 valence electrons.